The number of nitrogens with zero attached hydrogens (tertiary/aromatic N) is 2. The van der Waals surface area contributed by atoms with Crippen molar-refractivity contribution in [2.24, 2.45) is 5.10 Å². The molecule has 114 valence electrons. The monoisotopic (exact) mass is 298 g/mol. The number of Topliss-reactive ketones (excluding diaryl/α,β-unsaturated/α-hetero) is 1. The fourth-order valence-electron chi connectivity index (χ4n) is 1.99. The second kappa shape index (κ2) is 6.39. The highest BCUT2D eigenvalue weighted by Crippen LogP contribution is 2.20. The summed E-state index contributed by atoms with van der Waals surface area (Å²) in [5, 5.41) is 5.64. The predicted molar refractivity (Wildman–Crippen MR) is 84.8 cm³/mol. The molecule has 0 amide bonds. The summed E-state index contributed by atoms with van der Waals surface area (Å²) < 4.78 is 5.09. The molecule has 5 nitrogen and oxygen atoms in total. The summed E-state index contributed by atoms with van der Waals surface area (Å²) >= 11 is 0. The number of allylic oxidation sites excluding steroid dienone is 3. The van der Waals surface area contributed by atoms with Crippen LogP contribution in [0, 0.1) is 0 Å². The van der Waals surface area contributed by atoms with Gasteiger partial charge in [-0.15, -0.1) is 0 Å². The van der Waals surface area contributed by atoms with Gasteiger partial charge in [-0.2, -0.15) is 5.10 Å². The maximum atomic E-state index is 12.2. The number of ketones is 2. The Bertz CT molecular complexity index is 697. The van der Waals surface area contributed by atoms with E-state index in [-0.39, 0.29) is 17.3 Å². The molecule has 1 aromatic carbocycles. The van der Waals surface area contributed by atoms with Gasteiger partial charge >= 0.3 is 0 Å². The SMILES string of the molecule is COc1ccc(/C=N/N(C)C2=CC(=O)C(C)=C(C)C2=O)cc1. The summed E-state index contributed by atoms with van der Waals surface area (Å²) in [5.74, 6) is 0.433. The third-order valence-electron chi connectivity index (χ3n) is 3.62. The van der Waals surface area contributed by atoms with Crippen LogP contribution in [0.1, 0.15) is 19.4 Å². The zero-order valence-electron chi connectivity index (χ0n) is 13.1. The minimum atomic E-state index is -0.175. The van der Waals surface area contributed by atoms with Gasteiger partial charge in [-0.05, 0) is 43.7 Å². The summed E-state index contributed by atoms with van der Waals surface area (Å²) in [4.78, 5) is 24.0. The van der Waals surface area contributed by atoms with Crippen LogP contribution >= 0.6 is 0 Å². The summed E-state index contributed by atoms with van der Waals surface area (Å²) in [5.41, 5.74) is 2.10. The standard InChI is InChI=1S/C17H18N2O3/c1-11-12(2)17(21)15(9-16(11)20)19(3)18-10-13-5-7-14(22-4)8-6-13/h5-10H,1-4H3/b18-10+. The van der Waals surface area contributed by atoms with Crippen LogP contribution < -0.4 is 4.74 Å². The second-order valence-corrected chi connectivity index (χ2v) is 5.01. The fourth-order valence-corrected chi connectivity index (χ4v) is 1.99. The van der Waals surface area contributed by atoms with Crippen molar-refractivity contribution in [2.75, 3.05) is 14.2 Å². The molecule has 0 bridgehead atoms. The van der Waals surface area contributed by atoms with Crippen molar-refractivity contribution in [3.8, 4) is 5.75 Å². The number of hydrogen-bond acceptors (Lipinski definition) is 5. The number of hydrazone groups is 1. The molecule has 0 N–H and O–H groups in total. The van der Waals surface area contributed by atoms with Crippen molar-refractivity contribution in [3.05, 3.63) is 52.7 Å². The molecule has 0 radical (unpaired) electrons. The van der Waals surface area contributed by atoms with Crippen LogP contribution in [0.5, 0.6) is 5.75 Å². The molecule has 0 unspecified atom stereocenters. The van der Waals surface area contributed by atoms with Gasteiger partial charge in [0.15, 0.2) is 5.78 Å². The van der Waals surface area contributed by atoms with Crippen LogP contribution in [-0.4, -0.2) is 36.9 Å². The van der Waals surface area contributed by atoms with E-state index in [0.717, 1.165) is 11.3 Å². The largest absolute Gasteiger partial charge is 0.497 e. The maximum absolute atomic E-state index is 12.2. The zero-order chi connectivity index (χ0) is 16.3. The first kappa shape index (κ1) is 15.7. The first-order valence-electron chi connectivity index (χ1n) is 6.84. The van der Waals surface area contributed by atoms with E-state index < -0.39 is 0 Å². The van der Waals surface area contributed by atoms with Crippen molar-refractivity contribution < 1.29 is 14.3 Å². The van der Waals surface area contributed by atoms with Crippen LogP contribution in [0.15, 0.2) is 52.3 Å². The molecule has 1 aliphatic rings. The van der Waals surface area contributed by atoms with Gasteiger partial charge in [-0.1, -0.05) is 0 Å². The Kier molecular flexibility index (Phi) is 4.56. The van der Waals surface area contributed by atoms with Crippen molar-refractivity contribution in [2.45, 2.75) is 13.8 Å². The average molecular weight is 298 g/mol. The summed E-state index contributed by atoms with van der Waals surface area (Å²) in [6.07, 6.45) is 2.95. The Hall–Kier alpha value is -2.69. The molecule has 1 aromatic rings. The molecule has 1 aliphatic carbocycles. The Labute approximate surface area is 129 Å². The number of carbonyl (C=O) groups excluding carboxylic acids is 2. The lowest BCUT2D eigenvalue weighted by Gasteiger charge is -2.20. The van der Waals surface area contributed by atoms with E-state index in [1.165, 1.54) is 11.1 Å². The lowest BCUT2D eigenvalue weighted by molar-refractivity contribution is -0.116. The highest BCUT2D eigenvalue weighted by Gasteiger charge is 2.25. The fraction of sp³-hybridized carbons (Fsp3) is 0.235. The number of likely N-dealkylation sites (N-methyl/N-ethyl adjacent to an activating group) is 1. The van der Waals surface area contributed by atoms with Gasteiger partial charge in [-0.3, -0.25) is 14.6 Å². The quantitative estimate of drug-likeness (QED) is 0.486. The molecule has 0 heterocycles. The van der Waals surface area contributed by atoms with Gasteiger partial charge in [0.1, 0.15) is 11.4 Å². The second-order valence-electron chi connectivity index (χ2n) is 5.01. The smallest absolute Gasteiger partial charge is 0.207 e. The molecule has 0 spiro atoms. The van der Waals surface area contributed by atoms with Crippen LogP contribution in [-0.2, 0) is 9.59 Å². The highest BCUT2D eigenvalue weighted by atomic mass is 16.5. The number of hydrogen-bond donors (Lipinski definition) is 0. The minimum absolute atomic E-state index is 0.154. The van der Waals surface area contributed by atoms with Gasteiger partial charge in [-0.25, -0.2) is 0 Å². The molecular formula is C17H18N2O3. The van der Waals surface area contributed by atoms with E-state index in [1.807, 2.05) is 24.3 Å². The minimum Gasteiger partial charge on any atom is -0.497 e. The number of rotatable bonds is 4. The van der Waals surface area contributed by atoms with E-state index in [0.29, 0.717) is 11.1 Å². The predicted octanol–water partition coefficient (Wildman–Crippen LogP) is 2.33. The Morgan fingerprint density at radius 1 is 1.09 bits per heavy atom. The lowest BCUT2D eigenvalue weighted by Crippen LogP contribution is -2.25. The molecule has 5 heteroatoms. The molecule has 0 fully saturated rings. The van der Waals surface area contributed by atoms with E-state index in [2.05, 4.69) is 5.10 Å². The third-order valence-corrected chi connectivity index (χ3v) is 3.62. The van der Waals surface area contributed by atoms with Crippen molar-refractivity contribution in [1.82, 2.24) is 5.01 Å². The number of carbonyl (C=O) groups is 2. The van der Waals surface area contributed by atoms with Crippen LogP contribution in [0.4, 0.5) is 0 Å². The van der Waals surface area contributed by atoms with Crippen LogP contribution in [0.3, 0.4) is 0 Å². The Morgan fingerprint density at radius 2 is 1.73 bits per heavy atom. The maximum Gasteiger partial charge on any atom is 0.207 e. The normalized spacial score (nSPS) is 15.4. The lowest BCUT2D eigenvalue weighted by atomic mass is 9.95. The number of methoxy groups -OCH3 is 1. The van der Waals surface area contributed by atoms with Gasteiger partial charge in [0, 0.05) is 24.3 Å². The first-order valence-corrected chi connectivity index (χ1v) is 6.84. The molecule has 0 saturated carbocycles. The highest BCUT2D eigenvalue weighted by molar-refractivity contribution is 6.21. The summed E-state index contributed by atoms with van der Waals surface area (Å²) in [7, 11) is 3.25. The van der Waals surface area contributed by atoms with Gasteiger partial charge < -0.3 is 4.74 Å². The topological polar surface area (TPSA) is 59.0 Å². The molecule has 0 atom stereocenters. The van der Waals surface area contributed by atoms with Gasteiger partial charge in [0.05, 0.1) is 13.3 Å². The molecule has 0 aliphatic heterocycles. The van der Waals surface area contributed by atoms with E-state index in [1.54, 1.807) is 34.2 Å². The number of ether oxygens (including phenoxy) is 1. The summed E-state index contributed by atoms with van der Waals surface area (Å²) in [6, 6.07) is 7.36. The van der Waals surface area contributed by atoms with Crippen molar-refractivity contribution in [3.63, 3.8) is 0 Å². The van der Waals surface area contributed by atoms with Crippen LogP contribution in [0.25, 0.3) is 0 Å². The number of benzene rings is 1. The van der Waals surface area contributed by atoms with E-state index in [4.69, 9.17) is 4.74 Å². The van der Waals surface area contributed by atoms with Gasteiger partial charge in [0.25, 0.3) is 0 Å². The molecule has 0 aromatic heterocycles. The van der Waals surface area contributed by atoms with Gasteiger partial charge in [0.2, 0.25) is 5.78 Å². The van der Waals surface area contributed by atoms with Crippen molar-refractivity contribution >= 4 is 17.8 Å². The zero-order valence-corrected chi connectivity index (χ0v) is 13.1. The van der Waals surface area contributed by atoms with Crippen LogP contribution in [0.2, 0.25) is 0 Å². The molecule has 0 saturated heterocycles. The molecule has 22 heavy (non-hydrogen) atoms. The van der Waals surface area contributed by atoms with E-state index >= 15 is 0 Å². The summed E-state index contributed by atoms with van der Waals surface area (Å²) in [6.45, 7) is 3.31. The molecular weight excluding hydrogens is 280 g/mol. The average Bonchev–Trinajstić information content (AvgIpc) is 2.54. The molecule has 2 rings (SSSR count). The van der Waals surface area contributed by atoms with E-state index in [9.17, 15) is 9.59 Å². The Balaban J connectivity index is 2.16. The van der Waals surface area contributed by atoms with Crippen molar-refractivity contribution in [1.29, 1.82) is 0 Å². The Morgan fingerprint density at radius 3 is 2.32 bits per heavy atom. The third kappa shape index (κ3) is 3.14. The first-order chi connectivity index (χ1) is 10.4.